The third-order valence-corrected chi connectivity index (χ3v) is 2.14. The Morgan fingerprint density at radius 3 is 2.06 bits per heavy atom. The third kappa shape index (κ3) is 4.12. The molecule has 1 atom stereocenters. The number of anilines is 2. The lowest BCUT2D eigenvalue weighted by atomic mass is 10.2. The van der Waals surface area contributed by atoms with Crippen molar-refractivity contribution in [2.75, 3.05) is 17.7 Å². The molecule has 1 aromatic carbocycles. The molecular formula is C11H15N3O3. The molecule has 0 aliphatic rings. The van der Waals surface area contributed by atoms with Crippen LogP contribution >= 0.6 is 0 Å². The molecule has 1 unspecified atom stereocenters. The second-order valence-corrected chi connectivity index (χ2v) is 3.43. The van der Waals surface area contributed by atoms with Crippen LogP contribution in [0.1, 0.15) is 6.92 Å². The van der Waals surface area contributed by atoms with Gasteiger partial charge in [-0.05, 0) is 31.2 Å². The van der Waals surface area contributed by atoms with E-state index in [-0.39, 0.29) is 5.91 Å². The number of nitrogens with one attached hydrogen (secondary N) is 2. The first kappa shape index (κ1) is 13.0. The van der Waals surface area contributed by atoms with Crippen molar-refractivity contribution < 1.29 is 14.3 Å². The molecule has 0 fully saturated rings. The van der Waals surface area contributed by atoms with Crippen LogP contribution in [-0.4, -0.2) is 25.2 Å². The zero-order chi connectivity index (χ0) is 12.8. The van der Waals surface area contributed by atoms with E-state index in [0.717, 1.165) is 0 Å². The van der Waals surface area contributed by atoms with Crippen molar-refractivity contribution in [2.45, 2.75) is 13.0 Å². The van der Waals surface area contributed by atoms with Crippen LogP contribution in [0.4, 0.5) is 16.2 Å². The lowest BCUT2D eigenvalue weighted by molar-refractivity contribution is -0.124. The molecule has 1 aromatic rings. The quantitative estimate of drug-likeness (QED) is 0.733. The zero-order valence-electron chi connectivity index (χ0n) is 9.69. The highest BCUT2D eigenvalue weighted by atomic mass is 16.5. The highest BCUT2D eigenvalue weighted by Crippen LogP contribution is 2.13. The van der Waals surface area contributed by atoms with Gasteiger partial charge in [-0.1, -0.05) is 0 Å². The summed E-state index contributed by atoms with van der Waals surface area (Å²) >= 11 is 0. The molecule has 0 radical (unpaired) electrons. The molecule has 0 aliphatic carbocycles. The van der Waals surface area contributed by atoms with Crippen molar-refractivity contribution in [3.8, 4) is 0 Å². The Hall–Kier alpha value is -2.08. The summed E-state index contributed by atoms with van der Waals surface area (Å²) in [5.74, 6) is -0.233. The summed E-state index contributed by atoms with van der Waals surface area (Å²) in [6, 6.07) is 5.96. The number of methoxy groups -OCH3 is 1. The average Bonchev–Trinajstić information content (AvgIpc) is 2.30. The number of rotatable bonds is 4. The Labute approximate surface area is 99.1 Å². The largest absolute Gasteiger partial charge is 0.372 e. The highest BCUT2D eigenvalue weighted by Gasteiger charge is 2.11. The van der Waals surface area contributed by atoms with E-state index < -0.39 is 12.1 Å². The number of carbonyl (C=O) groups is 2. The fourth-order valence-corrected chi connectivity index (χ4v) is 1.13. The molecule has 1 rings (SSSR count). The van der Waals surface area contributed by atoms with Gasteiger partial charge >= 0.3 is 6.03 Å². The molecule has 0 heterocycles. The van der Waals surface area contributed by atoms with E-state index in [0.29, 0.717) is 11.4 Å². The number of amides is 3. The van der Waals surface area contributed by atoms with Crippen molar-refractivity contribution >= 4 is 23.3 Å². The van der Waals surface area contributed by atoms with Crippen LogP contribution in [0.15, 0.2) is 24.3 Å². The van der Waals surface area contributed by atoms with Crippen LogP contribution in [-0.2, 0) is 9.53 Å². The van der Waals surface area contributed by atoms with Gasteiger partial charge in [0.05, 0.1) is 0 Å². The minimum Gasteiger partial charge on any atom is -0.372 e. The van der Waals surface area contributed by atoms with Crippen LogP contribution in [0, 0.1) is 0 Å². The molecule has 0 spiro atoms. The van der Waals surface area contributed by atoms with Crippen molar-refractivity contribution in [3.05, 3.63) is 24.3 Å². The molecule has 3 amide bonds. The van der Waals surface area contributed by atoms with Crippen LogP contribution in [0.5, 0.6) is 0 Å². The molecule has 0 aliphatic heterocycles. The first-order valence-electron chi connectivity index (χ1n) is 5.03. The number of hydrogen-bond acceptors (Lipinski definition) is 3. The summed E-state index contributed by atoms with van der Waals surface area (Å²) in [5, 5.41) is 5.09. The molecule has 0 saturated heterocycles. The lowest BCUT2D eigenvalue weighted by Crippen LogP contribution is -2.26. The Balaban J connectivity index is 2.62. The smallest absolute Gasteiger partial charge is 0.316 e. The van der Waals surface area contributed by atoms with E-state index >= 15 is 0 Å². The maximum absolute atomic E-state index is 11.5. The topological polar surface area (TPSA) is 93.4 Å². The van der Waals surface area contributed by atoms with E-state index in [2.05, 4.69) is 10.6 Å². The molecule has 0 bridgehead atoms. The minimum absolute atomic E-state index is 0.233. The van der Waals surface area contributed by atoms with Crippen molar-refractivity contribution in [1.29, 1.82) is 0 Å². The van der Waals surface area contributed by atoms with E-state index in [1.807, 2.05) is 0 Å². The number of nitrogens with two attached hydrogens (primary N) is 1. The van der Waals surface area contributed by atoms with Crippen LogP contribution in [0.2, 0.25) is 0 Å². The van der Waals surface area contributed by atoms with Gasteiger partial charge < -0.3 is 21.1 Å². The summed E-state index contributed by atoms with van der Waals surface area (Å²) in [7, 11) is 1.46. The Morgan fingerprint density at radius 1 is 1.18 bits per heavy atom. The van der Waals surface area contributed by atoms with Gasteiger partial charge in [0.25, 0.3) is 5.91 Å². The number of hydrogen-bond donors (Lipinski definition) is 3. The summed E-state index contributed by atoms with van der Waals surface area (Å²) in [6.45, 7) is 1.65. The molecule has 0 saturated carbocycles. The summed E-state index contributed by atoms with van der Waals surface area (Å²) in [6.07, 6.45) is -0.515. The van der Waals surface area contributed by atoms with Crippen molar-refractivity contribution in [3.63, 3.8) is 0 Å². The lowest BCUT2D eigenvalue weighted by Gasteiger charge is -2.10. The van der Waals surface area contributed by atoms with Crippen LogP contribution < -0.4 is 16.4 Å². The Kier molecular flexibility index (Phi) is 4.47. The fourth-order valence-electron chi connectivity index (χ4n) is 1.13. The van der Waals surface area contributed by atoms with Gasteiger partial charge in [-0.25, -0.2) is 4.79 Å². The standard InChI is InChI=1S/C11H15N3O3/c1-7(17-2)10(15)13-8-3-5-9(6-4-8)14-11(12)16/h3-7H,1-2H3,(H,13,15)(H3,12,14,16). The minimum atomic E-state index is -0.630. The highest BCUT2D eigenvalue weighted by molar-refractivity contribution is 5.94. The predicted octanol–water partition coefficient (Wildman–Crippen LogP) is 1.15. The maximum atomic E-state index is 11.5. The SMILES string of the molecule is COC(C)C(=O)Nc1ccc(NC(N)=O)cc1. The Bertz CT molecular complexity index is 403. The first-order valence-corrected chi connectivity index (χ1v) is 5.03. The molecule has 4 N–H and O–H groups in total. The van der Waals surface area contributed by atoms with Gasteiger partial charge in [-0.3, -0.25) is 4.79 Å². The van der Waals surface area contributed by atoms with Gasteiger partial charge in [-0.15, -0.1) is 0 Å². The van der Waals surface area contributed by atoms with Gasteiger partial charge in [0.1, 0.15) is 6.10 Å². The number of benzene rings is 1. The average molecular weight is 237 g/mol. The van der Waals surface area contributed by atoms with Gasteiger partial charge in [-0.2, -0.15) is 0 Å². The number of primary amides is 1. The molecule has 92 valence electrons. The van der Waals surface area contributed by atoms with Gasteiger partial charge in [0.15, 0.2) is 0 Å². The second kappa shape index (κ2) is 5.86. The summed E-state index contributed by atoms with van der Waals surface area (Å²) in [5.41, 5.74) is 6.15. The van der Waals surface area contributed by atoms with Crippen molar-refractivity contribution in [1.82, 2.24) is 0 Å². The van der Waals surface area contributed by atoms with E-state index in [9.17, 15) is 9.59 Å². The van der Waals surface area contributed by atoms with Crippen LogP contribution in [0.25, 0.3) is 0 Å². The molecule has 6 nitrogen and oxygen atoms in total. The second-order valence-electron chi connectivity index (χ2n) is 3.43. The molecule has 0 aromatic heterocycles. The van der Waals surface area contributed by atoms with E-state index in [4.69, 9.17) is 10.5 Å². The van der Waals surface area contributed by atoms with Crippen molar-refractivity contribution in [2.24, 2.45) is 5.73 Å². The Morgan fingerprint density at radius 2 is 1.65 bits per heavy atom. The first-order chi connectivity index (χ1) is 8.02. The monoisotopic (exact) mass is 237 g/mol. The predicted molar refractivity (Wildman–Crippen MR) is 64.7 cm³/mol. The summed E-state index contributed by atoms with van der Waals surface area (Å²) in [4.78, 5) is 22.1. The van der Waals surface area contributed by atoms with E-state index in [1.165, 1.54) is 7.11 Å². The van der Waals surface area contributed by atoms with Gasteiger partial charge in [0.2, 0.25) is 0 Å². The molecular weight excluding hydrogens is 222 g/mol. The van der Waals surface area contributed by atoms with Crippen LogP contribution in [0.3, 0.4) is 0 Å². The molecule has 6 heteroatoms. The summed E-state index contributed by atoms with van der Waals surface area (Å²) < 4.78 is 4.87. The number of urea groups is 1. The van der Waals surface area contributed by atoms with Gasteiger partial charge in [0, 0.05) is 18.5 Å². The third-order valence-electron chi connectivity index (χ3n) is 2.14. The normalized spacial score (nSPS) is 11.6. The number of carbonyl (C=O) groups excluding carboxylic acids is 2. The zero-order valence-corrected chi connectivity index (χ0v) is 9.69. The fraction of sp³-hybridized carbons (Fsp3) is 0.273. The maximum Gasteiger partial charge on any atom is 0.316 e. The number of ether oxygens (including phenoxy) is 1. The molecule has 17 heavy (non-hydrogen) atoms. The van der Waals surface area contributed by atoms with E-state index in [1.54, 1.807) is 31.2 Å².